The Kier molecular flexibility index (Phi) is 8.04. The van der Waals surface area contributed by atoms with Crippen molar-refractivity contribution < 1.29 is 22.4 Å². The molecule has 8 heteroatoms. The third-order valence-electron chi connectivity index (χ3n) is 5.76. The molecule has 0 unspecified atom stereocenters. The molecule has 2 N–H and O–H groups in total. The third-order valence-corrected chi connectivity index (χ3v) is 5.76. The van der Waals surface area contributed by atoms with Crippen LogP contribution in [0.3, 0.4) is 0 Å². The fourth-order valence-corrected chi connectivity index (χ4v) is 3.83. The number of aryl methyl sites for hydroxylation is 2. The van der Waals surface area contributed by atoms with Gasteiger partial charge in [-0.3, -0.25) is 9.78 Å². The van der Waals surface area contributed by atoms with Gasteiger partial charge in [-0.05, 0) is 61.2 Å². The van der Waals surface area contributed by atoms with Gasteiger partial charge in [-0.1, -0.05) is 48.0 Å². The zero-order valence-corrected chi connectivity index (χ0v) is 19.2. The molecule has 0 radical (unpaired) electrons. The van der Waals surface area contributed by atoms with Crippen molar-refractivity contribution in [2.24, 2.45) is 0 Å². The molecule has 180 valence electrons. The molecular weight excluding hydrogens is 446 g/mol. The first-order valence-corrected chi connectivity index (χ1v) is 10.9. The van der Waals surface area contributed by atoms with Crippen molar-refractivity contribution in [3.05, 3.63) is 100 Å². The van der Waals surface area contributed by atoms with Crippen LogP contribution in [0.15, 0.2) is 60.8 Å². The summed E-state index contributed by atoms with van der Waals surface area (Å²) in [5.74, 6) is -0.899. The van der Waals surface area contributed by atoms with E-state index in [1.807, 2.05) is 31.2 Å². The summed E-state index contributed by atoms with van der Waals surface area (Å²) < 4.78 is 52.8. The highest BCUT2D eigenvalue weighted by atomic mass is 19.4. The molecule has 1 heterocycles. The van der Waals surface area contributed by atoms with E-state index in [0.717, 1.165) is 22.8 Å². The Morgan fingerprint density at radius 3 is 2.18 bits per heavy atom. The van der Waals surface area contributed by atoms with Gasteiger partial charge in [0.2, 0.25) is 5.91 Å². The number of likely N-dealkylation sites (N-methyl/N-ethyl adjacent to an activating group) is 1. The molecule has 1 amide bonds. The van der Waals surface area contributed by atoms with E-state index in [0.29, 0.717) is 24.1 Å². The summed E-state index contributed by atoms with van der Waals surface area (Å²) in [6.45, 7) is 3.98. The number of nitrogens with zero attached hydrogens (tertiary/aromatic N) is 1. The summed E-state index contributed by atoms with van der Waals surface area (Å²) in [6.07, 6.45) is -2.86. The first-order chi connectivity index (χ1) is 16.1. The maximum absolute atomic E-state index is 13.9. The second kappa shape index (κ2) is 10.8. The smallest absolute Gasteiger partial charge is 0.358 e. The highest BCUT2D eigenvalue weighted by Gasteiger charge is 2.32. The first kappa shape index (κ1) is 25.4. The van der Waals surface area contributed by atoms with Gasteiger partial charge in [-0.2, -0.15) is 13.2 Å². The first-order valence-electron chi connectivity index (χ1n) is 10.9. The lowest BCUT2D eigenvalue weighted by Crippen LogP contribution is -2.36. The van der Waals surface area contributed by atoms with Crippen LogP contribution in [0.5, 0.6) is 0 Å². The number of halogens is 4. The van der Waals surface area contributed by atoms with Crippen molar-refractivity contribution in [3.63, 3.8) is 0 Å². The van der Waals surface area contributed by atoms with E-state index in [-0.39, 0.29) is 17.6 Å². The average molecular weight is 474 g/mol. The predicted molar refractivity (Wildman–Crippen MR) is 123 cm³/mol. The van der Waals surface area contributed by atoms with Gasteiger partial charge >= 0.3 is 6.18 Å². The van der Waals surface area contributed by atoms with Crippen LogP contribution >= 0.6 is 0 Å². The van der Waals surface area contributed by atoms with Gasteiger partial charge in [0.25, 0.3) is 0 Å². The molecule has 4 nitrogen and oxygen atoms in total. The minimum absolute atomic E-state index is 0.200. The van der Waals surface area contributed by atoms with Crippen LogP contribution < -0.4 is 10.6 Å². The molecule has 3 aromatic rings. The number of hydrogen-bond acceptors (Lipinski definition) is 3. The molecule has 2 aromatic carbocycles. The summed E-state index contributed by atoms with van der Waals surface area (Å²) in [7, 11) is 1.56. The molecular formula is C26H27F4N3O. The van der Waals surface area contributed by atoms with E-state index in [1.54, 1.807) is 26.1 Å². The Bertz CT molecular complexity index is 1110. The van der Waals surface area contributed by atoms with E-state index in [1.165, 1.54) is 18.3 Å². The van der Waals surface area contributed by atoms with Crippen LogP contribution in [0.2, 0.25) is 0 Å². The summed E-state index contributed by atoms with van der Waals surface area (Å²) in [5, 5.41) is 5.91. The molecule has 0 aliphatic rings. The number of nitrogens with one attached hydrogen (secondary N) is 2. The number of hydrogen-bond donors (Lipinski definition) is 2. The van der Waals surface area contributed by atoms with Crippen molar-refractivity contribution in [3.8, 4) is 0 Å². The number of carbonyl (C=O) groups is 1. The number of aromatic nitrogens is 1. The highest BCUT2D eigenvalue weighted by Crippen LogP contribution is 2.32. The molecule has 0 spiro atoms. The number of amides is 1. The topological polar surface area (TPSA) is 54.0 Å². The van der Waals surface area contributed by atoms with E-state index in [2.05, 4.69) is 15.6 Å². The Hall–Kier alpha value is -3.26. The van der Waals surface area contributed by atoms with Gasteiger partial charge < -0.3 is 10.6 Å². The number of pyridine rings is 1. The van der Waals surface area contributed by atoms with Gasteiger partial charge in [-0.15, -0.1) is 0 Å². The molecule has 1 aromatic heterocycles. The molecule has 0 aliphatic heterocycles. The molecule has 0 saturated heterocycles. The maximum Gasteiger partial charge on any atom is 0.433 e. The fourth-order valence-electron chi connectivity index (χ4n) is 3.83. The summed E-state index contributed by atoms with van der Waals surface area (Å²) in [6, 6.07) is 14.0. The Morgan fingerprint density at radius 1 is 0.971 bits per heavy atom. The minimum Gasteiger partial charge on any atom is -0.358 e. The lowest BCUT2D eigenvalue weighted by Gasteiger charge is -2.22. The highest BCUT2D eigenvalue weighted by molar-refractivity contribution is 5.82. The van der Waals surface area contributed by atoms with Crippen LogP contribution in [0.25, 0.3) is 0 Å². The second-order valence-corrected chi connectivity index (χ2v) is 8.24. The lowest BCUT2D eigenvalue weighted by atomic mass is 9.88. The zero-order chi connectivity index (χ0) is 24.9. The minimum atomic E-state index is -4.53. The van der Waals surface area contributed by atoms with E-state index in [9.17, 15) is 22.4 Å². The van der Waals surface area contributed by atoms with E-state index in [4.69, 9.17) is 0 Å². The van der Waals surface area contributed by atoms with Crippen LogP contribution in [0.4, 0.5) is 17.6 Å². The number of rotatable bonds is 8. The monoisotopic (exact) mass is 473 g/mol. The SMILES string of the molecule is CNC(=O)[C@@H](NCC[C@@H](c1ccc(C(F)(F)F)nc1)c1ccc(F)c(C)c1)c1ccc(C)cc1. The van der Waals surface area contributed by atoms with Crippen molar-refractivity contribution in [2.75, 3.05) is 13.6 Å². The van der Waals surface area contributed by atoms with Crippen molar-refractivity contribution >= 4 is 5.91 Å². The van der Waals surface area contributed by atoms with Gasteiger partial charge in [0, 0.05) is 19.2 Å². The van der Waals surface area contributed by atoms with E-state index < -0.39 is 17.9 Å². The molecule has 0 fully saturated rings. The van der Waals surface area contributed by atoms with Crippen LogP contribution in [-0.2, 0) is 11.0 Å². The maximum atomic E-state index is 13.9. The van der Waals surface area contributed by atoms with Gasteiger partial charge in [0.15, 0.2) is 0 Å². The molecule has 0 bridgehead atoms. The summed E-state index contributed by atoms with van der Waals surface area (Å²) in [4.78, 5) is 16.1. The van der Waals surface area contributed by atoms with E-state index >= 15 is 0 Å². The van der Waals surface area contributed by atoms with Crippen molar-refractivity contribution in [1.29, 1.82) is 0 Å². The molecule has 3 rings (SSSR count). The standard InChI is InChI=1S/C26H27F4N3O/c1-16-4-6-18(7-5-16)24(25(34)31-3)32-13-12-21(19-8-10-22(27)17(2)14-19)20-9-11-23(33-15-20)26(28,29)30/h4-11,14-15,21,24,32H,12-13H2,1-3H3,(H,31,34)/t21-,24+/m1/s1. The third kappa shape index (κ3) is 6.20. The lowest BCUT2D eigenvalue weighted by molar-refractivity contribution is -0.141. The molecule has 2 atom stereocenters. The summed E-state index contributed by atoms with van der Waals surface area (Å²) >= 11 is 0. The quantitative estimate of drug-likeness (QED) is 0.428. The van der Waals surface area contributed by atoms with Gasteiger partial charge in [-0.25, -0.2) is 4.39 Å². The van der Waals surface area contributed by atoms with Gasteiger partial charge in [0.05, 0.1) is 0 Å². The Labute approximate surface area is 196 Å². The normalized spacial score (nSPS) is 13.4. The van der Waals surface area contributed by atoms with Crippen molar-refractivity contribution in [2.45, 2.75) is 38.4 Å². The molecule has 0 aliphatic carbocycles. The zero-order valence-electron chi connectivity index (χ0n) is 19.2. The second-order valence-electron chi connectivity index (χ2n) is 8.24. The fraction of sp³-hybridized carbons (Fsp3) is 0.308. The van der Waals surface area contributed by atoms with Gasteiger partial charge in [0.1, 0.15) is 17.6 Å². The van der Waals surface area contributed by atoms with Crippen LogP contribution in [-0.4, -0.2) is 24.5 Å². The number of carbonyl (C=O) groups excluding carboxylic acids is 1. The van der Waals surface area contributed by atoms with Crippen LogP contribution in [0, 0.1) is 19.7 Å². The van der Waals surface area contributed by atoms with Crippen LogP contribution in [0.1, 0.15) is 51.9 Å². The Morgan fingerprint density at radius 2 is 1.62 bits per heavy atom. The van der Waals surface area contributed by atoms with Crippen molar-refractivity contribution in [1.82, 2.24) is 15.6 Å². The number of benzene rings is 2. The average Bonchev–Trinajstić information content (AvgIpc) is 2.81. The molecule has 34 heavy (non-hydrogen) atoms. The summed E-state index contributed by atoms with van der Waals surface area (Å²) in [5.41, 5.74) is 2.68. The predicted octanol–water partition coefficient (Wildman–Crippen LogP) is 5.46. The molecule has 0 saturated carbocycles. The number of alkyl halides is 3. The Balaban J connectivity index is 1.85. The largest absolute Gasteiger partial charge is 0.433 e.